The van der Waals surface area contributed by atoms with E-state index in [4.69, 9.17) is 17.4 Å². The predicted molar refractivity (Wildman–Crippen MR) is 114 cm³/mol. The molecule has 0 fully saturated rings. The van der Waals surface area contributed by atoms with Gasteiger partial charge in [-0.25, -0.2) is 0 Å². The fourth-order valence-corrected chi connectivity index (χ4v) is 6.16. The predicted octanol–water partition coefficient (Wildman–Crippen LogP) is 7.09. The molecule has 0 aromatic heterocycles. The van der Waals surface area contributed by atoms with Gasteiger partial charge in [-0.15, -0.1) is 12.6 Å². The monoisotopic (exact) mass is 366 g/mol. The van der Waals surface area contributed by atoms with Crippen molar-refractivity contribution in [1.82, 2.24) is 0 Å². The molecule has 0 aliphatic heterocycles. The molecule has 0 atom stereocenters. The topological polar surface area (TPSA) is 9.23 Å². The minimum atomic E-state index is -1.24. The minimum absolute atomic E-state index is 0.961. The molecule has 24 heavy (non-hydrogen) atoms. The highest BCUT2D eigenvalue weighted by atomic mass is 32.1. The zero-order valence-corrected chi connectivity index (χ0v) is 18.5. The number of benzene rings is 1. The quantitative estimate of drug-likeness (QED) is 0.307. The third-order valence-electron chi connectivity index (χ3n) is 5.64. The maximum absolute atomic E-state index is 6.37. The number of thiol groups is 1. The Labute approximate surface area is 157 Å². The van der Waals surface area contributed by atoms with Gasteiger partial charge in [0.1, 0.15) is 5.75 Å². The molecule has 0 heterocycles. The van der Waals surface area contributed by atoms with Gasteiger partial charge >= 0.3 is 0 Å². The summed E-state index contributed by atoms with van der Waals surface area (Å²) in [6.07, 6.45) is 8.08. The zero-order chi connectivity index (χ0) is 18.0. The first-order valence-corrected chi connectivity index (χ1v) is 13.3. The van der Waals surface area contributed by atoms with Crippen LogP contribution in [0.25, 0.3) is 0 Å². The number of rotatable bonds is 12. The van der Waals surface area contributed by atoms with Crippen molar-refractivity contribution in [2.45, 2.75) is 96.2 Å². The fourth-order valence-electron chi connectivity index (χ4n) is 3.22. The summed E-state index contributed by atoms with van der Waals surface area (Å²) in [7, 11) is -1.24. The third kappa shape index (κ3) is 6.14. The van der Waals surface area contributed by atoms with E-state index in [0.29, 0.717) is 0 Å². The lowest BCUT2D eigenvalue weighted by atomic mass is 10.0. The highest BCUT2D eigenvalue weighted by Gasteiger charge is 2.28. The molecule has 3 heteroatoms. The Morgan fingerprint density at radius 1 is 0.833 bits per heavy atom. The summed E-state index contributed by atoms with van der Waals surface area (Å²) in [5, 5.41) is 0. The van der Waals surface area contributed by atoms with Crippen LogP contribution in [0.4, 0.5) is 0 Å². The van der Waals surface area contributed by atoms with E-state index in [2.05, 4.69) is 46.8 Å². The molecule has 0 amide bonds. The van der Waals surface area contributed by atoms with E-state index in [1.54, 1.807) is 0 Å². The van der Waals surface area contributed by atoms with Crippen LogP contribution in [0.15, 0.2) is 17.0 Å². The van der Waals surface area contributed by atoms with Crippen LogP contribution in [-0.4, -0.2) is 14.3 Å². The van der Waals surface area contributed by atoms with Crippen molar-refractivity contribution in [3.63, 3.8) is 0 Å². The van der Waals surface area contributed by atoms with Gasteiger partial charge in [0.25, 0.3) is 0 Å². The number of ether oxygens (including phenoxy) is 1. The largest absolute Gasteiger partial charge is 0.497 e. The van der Waals surface area contributed by atoms with Crippen LogP contribution in [0.2, 0.25) is 18.1 Å². The summed E-state index contributed by atoms with van der Waals surface area (Å²) < 4.78 is 6.37. The van der Waals surface area contributed by atoms with Crippen molar-refractivity contribution < 1.29 is 4.74 Å². The van der Waals surface area contributed by atoms with Gasteiger partial charge in [-0.1, -0.05) is 65.6 Å². The first-order valence-electron chi connectivity index (χ1n) is 10.0. The van der Waals surface area contributed by atoms with Crippen LogP contribution in [-0.2, 0) is 12.8 Å². The molecule has 0 saturated carbocycles. The molecule has 0 radical (unpaired) electrons. The highest BCUT2D eigenvalue weighted by Crippen LogP contribution is 2.30. The van der Waals surface area contributed by atoms with Gasteiger partial charge in [0.05, 0.1) is 14.3 Å². The van der Waals surface area contributed by atoms with Gasteiger partial charge in [-0.2, -0.15) is 0 Å². The van der Waals surface area contributed by atoms with E-state index in [0.717, 1.165) is 24.8 Å². The number of hydrogen-bond donors (Lipinski definition) is 1. The Balaban J connectivity index is 2.99. The summed E-state index contributed by atoms with van der Waals surface area (Å²) >= 11 is 4.84. The Morgan fingerprint density at radius 3 is 1.67 bits per heavy atom. The molecule has 0 unspecified atom stereocenters. The molecule has 0 aliphatic rings. The first kappa shape index (κ1) is 21.6. The van der Waals surface area contributed by atoms with Crippen molar-refractivity contribution in [3.8, 4) is 5.75 Å². The molecule has 1 nitrogen and oxygen atoms in total. The van der Waals surface area contributed by atoms with Crippen LogP contribution in [0, 0.1) is 0 Å². The SMILES string of the molecule is CCCCc1cc(OC[Si](CC)(CC)CC)cc(CCCC)c1S. The number of aryl methyl sites for hydroxylation is 2. The van der Waals surface area contributed by atoms with Crippen LogP contribution in [0.1, 0.15) is 71.4 Å². The van der Waals surface area contributed by atoms with E-state index >= 15 is 0 Å². The van der Waals surface area contributed by atoms with Gasteiger partial charge in [-0.05, 0) is 48.9 Å². The minimum Gasteiger partial charge on any atom is -0.497 e. The second-order valence-electron chi connectivity index (χ2n) is 7.15. The Morgan fingerprint density at radius 2 is 1.29 bits per heavy atom. The molecule has 0 saturated heterocycles. The van der Waals surface area contributed by atoms with Crippen molar-refractivity contribution in [2.75, 3.05) is 6.23 Å². The van der Waals surface area contributed by atoms with Crippen molar-refractivity contribution in [3.05, 3.63) is 23.3 Å². The van der Waals surface area contributed by atoms with Crippen LogP contribution in [0.5, 0.6) is 5.75 Å². The molecule has 0 spiro atoms. The summed E-state index contributed by atoms with van der Waals surface area (Å²) in [5.41, 5.74) is 2.75. The maximum Gasteiger partial charge on any atom is 0.119 e. The van der Waals surface area contributed by atoms with Crippen LogP contribution >= 0.6 is 12.6 Å². The molecule has 1 rings (SSSR count). The van der Waals surface area contributed by atoms with E-state index in [9.17, 15) is 0 Å². The van der Waals surface area contributed by atoms with Crippen molar-refractivity contribution in [1.29, 1.82) is 0 Å². The first-order chi connectivity index (χ1) is 11.6. The summed E-state index contributed by atoms with van der Waals surface area (Å²) in [6.45, 7) is 11.5. The summed E-state index contributed by atoms with van der Waals surface area (Å²) in [5.74, 6) is 1.08. The molecule has 138 valence electrons. The second-order valence-corrected chi connectivity index (χ2v) is 13.0. The number of hydrogen-bond acceptors (Lipinski definition) is 2. The molecular formula is C21H38OSSi. The normalized spacial score (nSPS) is 11.8. The lowest BCUT2D eigenvalue weighted by Gasteiger charge is -2.28. The van der Waals surface area contributed by atoms with Crippen LogP contribution < -0.4 is 4.74 Å². The van der Waals surface area contributed by atoms with Gasteiger partial charge in [-0.3, -0.25) is 0 Å². The molecular weight excluding hydrogens is 328 g/mol. The highest BCUT2D eigenvalue weighted by molar-refractivity contribution is 7.80. The molecule has 1 aromatic rings. The smallest absolute Gasteiger partial charge is 0.119 e. The standard InChI is InChI=1S/C21H38OSSi/c1-6-11-13-18-15-20(16-19(21(18)23)14-12-7-2)22-17-24(8-3,9-4)10-5/h15-16,23H,6-14,17H2,1-5H3. The summed E-state index contributed by atoms with van der Waals surface area (Å²) in [6, 6.07) is 8.46. The lowest BCUT2D eigenvalue weighted by Crippen LogP contribution is -2.39. The Kier molecular flexibility index (Phi) is 10.1. The third-order valence-corrected chi connectivity index (χ3v) is 11.5. The molecule has 1 aromatic carbocycles. The summed E-state index contributed by atoms with van der Waals surface area (Å²) in [4.78, 5) is 1.20. The average Bonchev–Trinajstić information content (AvgIpc) is 2.62. The van der Waals surface area contributed by atoms with Gasteiger partial charge < -0.3 is 4.74 Å². The fraction of sp³-hybridized carbons (Fsp3) is 0.714. The van der Waals surface area contributed by atoms with Gasteiger partial charge in [0.15, 0.2) is 0 Å². The van der Waals surface area contributed by atoms with Crippen molar-refractivity contribution in [2.24, 2.45) is 0 Å². The average molecular weight is 367 g/mol. The Hall–Kier alpha value is -0.413. The lowest BCUT2D eigenvalue weighted by molar-refractivity contribution is 0.373. The number of unbranched alkanes of at least 4 members (excludes halogenated alkanes) is 2. The van der Waals surface area contributed by atoms with Gasteiger partial charge in [0, 0.05) is 4.90 Å². The Bertz CT molecular complexity index is 445. The van der Waals surface area contributed by atoms with E-state index in [1.165, 1.54) is 59.8 Å². The van der Waals surface area contributed by atoms with E-state index in [-0.39, 0.29) is 0 Å². The zero-order valence-electron chi connectivity index (χ0n) is 16.6. The van der Waals surface area contributed by atoms with Gasteiger partial charge in [0.2, 0.25) is 0 Å². The molecule has 0 aliphatic carbocycles. The van der Waals surface area contributed by atoms with Crippen LogP contribution in [0.3, 0.4) is 0 Å². The van der Waals surface area contributed by atoms with E-state index < -0.39 is 8.07 Å². The maximum atomic E-state index is 6.37. The van der Waals surface area contributed by atoms with E-state index in [1.807, 2.05) is 0 Å². The van der Waals surface area contributed by atoms with Crippen molar-refractivity contribution >= 4 is 20.7 Å². The molecule has 0 N–H and O–H groups in total. The second kappa shape index (κ2) is 11.3. The molecule has 0 bridgehead atoms.